The van der Waals surface area contributed by atoms with Crippen LogP contribution < -0.4 is 10.5 Å². The summed E-state index contributed by atoms with van der Waals surface area (Å²) in [6.07, 6.45) is 2.14. The molecule has 7 heteroatoms. The smallest absolute Gasteiger partial charge is 0.216 e. The molecule has 0 aliphatic rings. The normalized spacial score (nSPS) is 15.3. The molecule has 1 aromatic rings. The molecule has 3 N–H and O–H groups in total. The summed E-state index contributed by atoms with van der Waals surface area (Å²) in [5.74, 6) is 0.216. The van der Waals surface area contributed by atoms with Gasteiger partial charge in [-0.25, -0.2) is 18.1 Å². The van der Waals surface area contributed by atoms with Gasteiger partial charge in [0.05, 0.1) is 5.75 Å². The summed E-state index contributed by atoms with van der Waals surface area (Å²) in [7, 11) is -3.48. The zero-order chi connectivity index (χ0) is 15.4. The highest BCUT2D eigenvalue weighted by Crippen LogP contribution is 2.18. The van der Waals surface area contributed by atoms with E-state index < -0.39 is 15.6 Å². The van der Waals surface area contributed by atoms with Crippen LogP contribution >= 0.6 is 11.6 Å². The van der Waals surface area contributed by atoms with Crippen molar-refractivity contribution < 1.29 is 8.42 Å². The van der Waals surface area contributed by atoms with E-state index in [1.165, 1.54) is 6.20 Å². The van der Waals surface area contributed by atoms with Crippen LogP contribution in [0.2, 0.25) is 5.15 Å². The first-order valence-electron chi connectivity index (χ1n) is 6.48. The molecule has 0 aromatic carbocycles. The first-order chi connectivity index (χ1) is 9.16. The van der Waals surface area contributed by atoms with Crippen molar-refractivity contribution >= 4 is 21.6 Å². The number of sulfonamides is 1. The molecule has 0 saturated heterocycles. The van der Waals surface area contributed by atoms with Gasteiger partial charge < -0.3 is 5.73 Å². The molecular weight excluding hydrogens is 298 g/mol. The average molecular weight is 320 g/mol. The summed E-state index contributed by atoms with van der Waals surface area (Å²) in [4.78, 5) is 3.88. The number of hydrogen-bond donors (Lipinski definition) is 2. The van der Waals surface area contributed by atoms with Crippen LogP contribution in [0.1, 0.15) is 32.8 Å². The van der Waals surface area contributed by atoms with E-state index in [0.717, 1.165) is 0 Å². The predicted octanol–water partition coefficient (Wildman–Crippen LogP) is 1.92. The molecule has 1 atom stereocenters. The molecule has 0 unspecified atom stereocenters. The number of aromatic nitrogens is 1. The minimum absolute atomic E-state index is 0.134. The van der Waals surface area contributed by atoms with Crippen LogP contribution in [-0.4, -0.2) is 25.5 Å². The van der Waals surface area contributed by atoms with E-state index in [4.69, 9.17) is 17.3 Å². The number of rotatable bonds is 7. The van der Waals surface area contributed by atoms with Gasteiger partial charge >= 0.3 is 0 Å². The summed E-state index contributed by atoms with van der Waals surface area (Å²) in [5.41, 5.74) is 5.68. The van der Waals surface area contributed by atoms with Gasteiger partial charge in [0, 0.05) is 18.3 Å². The molecule has 0 fully saturated rings. The third-order valence-corrected chi connectivity index (χ3v) is 4.60. The monoisotopic (exact) mass is 319 g/mol. The molecule has 0 radical (unpaired) electrons. The number of hydrogen-bond acceptors (Lipinski definition) is 4. The van der Waals surface area contributed by atoms with Gasteiger partial charge in [0.15, 0.2) is 0 Å². The minimum atomic E-state index is -3.48. The van der Waals surface area contributed by atoms with Gasteiger partial charge in [0.1, 0.15) is 5.15 Å². The molecule has 0 bridgehead atoms. The van der Waals surface area contributed by atoms with Crippen LogP contribution in [0.5, 0.6) is 0 Å². The standard InChI is InChI=1S/C13H22ClN3O2S/c1-10(2)6-13(3,9-15)17-20(18,19)8-11-4-5-12(14)16-7-11/h4-5,7,10,17H,6,8-9,15H2,1-3H3/t13-/m1/s1. The van der Waals surface area contributed by atoms with Gasteiger partial charge in [-0.1, -0.05) is 31.5 Å². The number of nitrogens with two attached hydrogens (primary N) is 1. The number of halogens is 1. The fourth-order valence-electron chi connectivity index (χ4n) is 2.19. The topological polar surface area (TPSA) is 85.1 Å². The number of nitrogens with one attached hydrogen (secondary N) is 1. The van der Waals surface area contributed by atoms with E-state index in [-0.39, 0.29) is 12.3 Å². The Balaban J connectivity index is 2.80. The maximum Gasteiger partial charge on any atom is 0.216 e. The second kappa shape index (κ2) is 6.85. The Morgan fingerprint density at radius 3 is 2.55 bits per heavy atom. The van der Waals surface area contributed by atoms with Crippen LogP contribution in [0.25, 0.3) is 0 Å². The van der Waals surface area contributed by atoms with E-state index >= 15 is 0 Å². The Bertz CT molecular complexity index is 531. The van der Waals surface area contributed by atoms with Crippen LogP contribution in [0.3, 0.4) is 0 Å². The average Bonchev–Trinajstić information content (AvgIpc) is 2.30. The summed E-state index contributed by atoms with van der Waals surface area (Å²) in [6, 6.07) is 3.22. The van der Waals surface area contributed by atoms with E-state index in [9.17, 15) is 8.42 Å². The minimum Gasteiger partial charge on any atom is -0.329 e. The fourth-order valence-corrected chi connectivity index (χ4v) is 3.90. The van der Waals surface area contributed by atoms with Crippen molar-refractivity contribution in [2.24, 2.45) is 11.7 Å². The Morgan fingerprint density at radius 2 is 2.10 bits per heavy atom. The molecule has 0 aliphatic carbocycles. The Hall–Kier alpha value is -0.690. The second-order valence-electron chi connectivity index (χ2n) is 5.71. The largest absolute Gasteiger partial charge is 0.329 e. The van der Waals surface area contributed by atoms with E-state index in [1.54, 1.807) is 12.1 Å². The molecule has 0 amide bonds. The van der Waals surface area contributed by atoms with Crippen molar-refractivity contribution in [3.8, 4) is 0 Å². The SMILES string of the molecule is CC(C)C[C@](C)(CN)NS(=O)(=O)Cc1ccc(Cl)nc1. The Kier molecular flexibility index (Phi) is 5.94. The van der Waals surface area contributed by atoms with Gasteiger partial charge in [-0.2, -0.15) is 0 Å². The summed E-state index contributed by atoms with van der Waals surface area (Å²) < 4.78 is 27.1. The molecular formula is C13H22ClN3O2S. The lowest BCUT2D eigenvalue weighted by Gasteiger charge is -2.30. The first-order valence-corrected chi connectivity index (χ1v) is 8.51. The van der Waals surface area contributed by atoms with Crippen molar-refractivity contribution in [2.75, 3.05) is 6.54 Å². The number of pyridine rings is 1. The second-order valence-corrected chi connectivity index (χ2v) is 7.82. The Labute approximate surface area is 126 Å². The van der Waals surface area contributed by atoms with Crippen molar-refractivity contribution in [1.29, 1.82) is 0 Å². The lowest BCUT2D eigenvalue weighted by molar-refractivity contribution is 0.344. The molecule has 114 valence electrons. The molecule has 5 nitrogen and oxygen atoms in total. The summed E-state index contributed by atoms with van der Waals surface area (Å²) >= 11 is 5.68. The maximum atomic E-state index is 12.2. The highest BCUT2D eigenvalue weighted by atomic mass is 35.5. The zero-order valence-corrected chi connectivity index (χ0v) is 13.6. The molecule has 0 spiro atoms. The van der Waals surface area contributed by atoms with Crippen LogP contribution in [0, 0.1) is 5.92 Å². The third kappa shape index (κ3) is 5.75. The maximum absolute atomic E-state index is 12.2. The van der Waals surface area contributed by atoms with Gasteiger partial charge in [0.25, 0.3) is 0 Å². The molecule has 0 aliphatic heterocycles. The Morgan fingerprint density at radius 1 is 1.45 bits per heavy atom. The van der Waals surface area contributed by atoms with E-state index in [2.05, 4.69) is 9.71 Å². The van der Waals surface area contributed by atoms with E-state index in [0.29, 0.717) is 23.1 Å². The molecule has 1 rings (SSSR count). The van der Waals surface area contributed by atoms with Crippen molar-refractivity contribution in [3.63, 3.8) is 0 Å². The van der Waals surface area contributed by atoms with Crippen molar-refractivity contribution in [3.05, 3.63) is 29.0 Å². The summed E-state index contributed by atoms with van der Waals surface area (Å²) in [6.45, 7) is 6.14. The third-order valence-electron chi connectivity index (χ3n) is 2.86. The molecule has 0 saturated carbocycles. The first kappa shape index (κ1) is 17.4. The quantitative estimate of drug-likeness (QED) is 0.752. The van der Waals surface area contributed by atoms with E-state index in [1.807, 2.05) is 20.8 Å². The van der Waals surface area contributed by atoms with Crippen LogP contribution in [-0.2, 0) is 15.8 Å². The molecule has 1 heterocycles. The van der Waals surface area contributed by atoms with Gasteiger partial charge in [0.2, 0.25) is 10.0 Å². The number of nitrogens with zero attached hydrogens (tertiary/aromatic N) is 1. The zero-order valence-electron chi connectivity index (χ0n) is 12.1. The van der Waals surface area contributed by atoms with Crippen LogP contribution in [0.4, 0.5) is 0 Å². The highest BCUT2D eigenvalue weighted by Gasteiger charge is 2.29. The van der Waals surface area contributed by atoms with Gasteiger partial charge in [-0.15, -0.1) is 0 Å². The molecule has 20 heavy (non-hydrogen) atoms. The fraction of sp³-hybridized carbons (Fsp3) is 0.615. The van der Waals surface area contributed by atoms with Gasteiger partial charge in [-0.05, 0) is 30.9 Å². The predicted molar refractivity (Wildman–Crippen MR) is 81.9 cm³/mol. The lowest BCUT2D eigenvalue weighted by Crippen LogP contribution is -2.52. The highest BCUT2D eigenvalue weighted by molar-refractivity contribution is 7.88. The van der Waals surface area contributed by atoms with Crippen LogP contribution in [0.15, 0.2) is 18.3 Å². The van der Waals surface area contributed by atoms with Gasteiger partial charge in [-0.3, -0.25) is 0 Å². The molecule has 1 aromatic heterocycles. The lowest BCUT2D eigenvalue weighted by atomic mass is 9.92. The summed E-state index contributed by atoms with van der Waals surface area (Å²) in [5, 5.41) is 0.339. The van der Waals surface area contributed by atoms with Crippen molar-refractivity contribution in [1.82, 2.24) is 9.71 Å². The van der Waals surface area contributed by atoms with Crippen molar-refractivity contribution in [2.45, 2.75) is 38.5 Å².